The zero-order valence-corrected chi connectivity index (χ0v) is 12.2. The van der Waals surface area contributed by atoms with Crippen LogP contribution in [0.5, 0.6) is 0 Å². The van der Waals surface area contributed by atoms with Gasteiger partial charge in [0.15, 0.2) is 0 Å². The summed E-state index contributed by atoms with van der Waals surface area (Å²) in [4.78, 5) is 12.7. The van der Waals surface area contributed by atoms with Crippen molar-refractivity contribution >= 4 is 5.78 Å². The fraction of sp³-hybridized carbons (Fsp3) is 0.588. The molecule has 3 rings (SSSR count). The van der Waals surface area contributed by atoms with Crippen LogP contribution in [0.25, 0.3) is 0 Å². The molecule has 0 amide bonds. The van der Waals surface area contributed by atoms with E-state index in [9.17, 15) is 4.79 Å². The lowest BCUT2D eigenvalue weighted by Gasteiger charge is -2.34. The number of benzene rings is 1. The molecule has 0 spiro atoms. The van der Waals surface area contributed by atoms with Gasteiger partial charge in [-0.25, -0.2) is 0 Å². The average molecular weight is 273 g/mol. The predicted octanol–water partition coefficient (Wildman–Crippen LogP) is 2.65. The SMILES string of the molecule is CC1(C(=O)CC2OCCc3ccccc32)CCCNC1. The van der Waals surface area contributed by atoms with E-state index in [0.29, 0.717) is 12.2 Å². The standard InChI is InChI=1S/C17H23NO2/c1-17(8-4-9-18-12-17)16(19)11-15-14-6-3-2-5-13(14)7-10-20-15/h2-3,5-6,15,18H,4,7-12H2,1H3. The zero-order chi connectivity index (χ0) is 14.0. The molecule has 1 aromatic carbocycles. The smallest absolute Gasteiger partial charge is 0.142 e. The summed E-state index contributed by atoms with van der Waals surface area (Å²) in [5.41, 5.74) is 2.33. The Balaban J connectivity index is 1.74. The summed E-state index contributed by atoms with van der Waals surface area (Å²) in [6.07, 6.45) is 3.50. The Labute approximate surface area is 120 Å². The van der Waals surface area contributed by atoms with Crippen LogP contribution in [0.3, 0.4) is 0 Å². The van der Waals surface area contributed by atoms with Gasteiger partial charge in [-0.1, -0.05) is 31.2 Å². The lowest BCUT2D eigenvalue weighted by Crippen LogP contribution is -2.44. The first-order chi connectivity index (χ1) is 9.69. The molecule has 2 aliphatic heterocycles. The van der Waals surface area contributed by atoms with Crippen molar-refractivity contribution in [3.63, 3.8) is 0 Å². The van der Waals surface area contributed by atoms with Crippen molar-refractivity contribution in [2.75, 3.05) is 19.7 Å². The van der Waals surface area contributed by atoms with Crippen LogP contribution in [-0.4, -0.2) is 25.5 Å². The summed E-state index contributed by atoms with van der Waals surface area (Å²) >= 11 is 0. The van der Waals surface area contributed by atoms with E-state index in [4.69, 9.17) is 4.74 Å². The molecule has 1 fully saturated rings. The lowest BCUT2D eigenvalue weighted by molar-refractivity contribution is -0.132. The molecule has 2 atom stereocenters. The molecule has 1 saturated heterocycles. The van der Waals surface area contributed by atoms with Gasteiger partial charge in [-0.2, -0.15) is 0 Å². The Hall–Kier alpha value is -1.19. The molecule has 1 aromatic rings. The van der Waals surface area contributed by atoms with Gasteiger partial charge < -0.3 is 10.1 Å². The van der Waals surface area contributed by atoms with Crippen LogP contribution in [0.4, 0.5) is 0 Å². The van der Waals surface area contributed by atoms with E-state index in [1.807, 2.05) is 6.07 Å². The van der Waals surface area contributed by atoms with Crippen LogP contribution < -0.4 is 5.32 Å². The van der Waals surface area contributed by atoms with Crippen molar-refractivity contribution < 1.29 is 9.53 Å². The van der Waals surface area contributed by atoms with Gasteiger partial charge >= 0.3 is 0 Å². The largest absolute Gasteiger partial charge is 0.373 e. The number of hydrogen-bond donors (Lipinski definition) is 1. The van der Waals surface area contributed by atoms with E-state index < -0.39 is 0 Å². The Morgan fingerprint density at radius 1 is 1.45 bits per heavy atom. The number of rotatable bonds is 3. The van der Waals surface area contributed by atoms with E-state index in [-0.39, 0.29) is 11.5 Å². The average Bonchev–Trinajstić information content (AvgIpc) is 2.48. The molecule has 2 heterocycles. The van der Waals surface area contributed by atoms with Crippen molar-refractivity contribution in [3.05, 3.63) is 35.4 Å². The van der Waals surface area contributed by atoms with Gasteiger partial charge in [-0.3, -0.25) is 4.79 Å². The maximum absolute atomic E-state index is 12.7. The number of carbonyl (C=O) groups is 1. The number of piperidine rings is 1. The summed E-state index contributed by atoms with van der Waals surface area (Å²) in [7, 11) is 0. The number of carbonyl (C=O) groups excluding carboxylic acids is 1. The monoisotopic (exact) mass is 273 g/mol. The first kappa shape index (κ1) is 13.8. The quantitative estimate of drug-likeness (QED) is 0.920. The maximum Gasteiger partial charge on any atom is 0.142 e. The lowest BCUT2D eigenvalue weighted by atomic mass is 9.76. The van der Waals surface area contributed by atoms with Crippen molar-refractivity contribution in [2.45, 2.75) is 38.7 Å². The first-order valence-electron chi connectivity index (χ1n) is 7.62. The third-order valence-corrected chi connectivity index (χ3v) is 4.73. The summed E-state index contributed by atoms with van der Waals surface area (Å²) in [6, 6.07) is 8.36. The van der Waals surface area contributed by atoms with Gasteiger partial charge in [0.05, 0.1) is 12.7 Å². The molecular formula is C17H23NO2. The molecule has 108 valence electrons. The van der Waals surface area contributed by atoms with Crippen LogP contribution in [0.15, 0.2) is 24.3 Å². The molecule has 20 heavy (non-hydrogen) atoms. The van der Waals surface area contributed by atoms with E-state index in [1.165, 1.54) is 11.1 Å². The van der Waals surface area contributed by atoms with Gasteiger partial charge in [0.1, 0.15) is 5.78 Å². The van der Waals surface area contributed by atoms with Crippen molar-refractivity contribution in [1.29, 1.82) is 0 Å². The highest BCUT2D eigenvalue weighted by atomic mass is 16.5. The van der Waals surface area contributed by atoms with Crippen molar-refractivity contribution in [2.24, 2.45) is 5.41 Å². The number of ketones is 1. The van der Waals surface area contributed by atoms with Crippen LogP contribution in [0, 0.1) is 5.41 Å². The summed E-state index contributed by atoms with van der Waals surface area (Å²) in [5.74, 6) is 0.339. The van der Waals surface area contributed by atoms with Gasteiger partial charge in [-0.15, -0.1) is 0 Å². The van der Waals surface area contributed by atoms with Crippen LogP contribution in [-0.2, 0) is 16.0 Å². The van der Waals surface area contributed by atoms with Crippen LogP contribution >= 0.6 is 0 Å². The Kier molecular flexibility index (Phi) is 3.90. The van der Waals surface area contributed by atoms with E-state index in [1.54, 1.807) is 0 Å². The number of fused-ring (bicyclic) bond motifs is 1. The molecule has 2 aliphatic rings. The van der Waals surface area contributed by atoms with E-state index in [0.717, 1.165) is 39.0 Å². The molecule has 0 radical (unpaired) electrons. The third kappa shape index (κ3) is 2.65. The van der Waals surface area contributed by atoms with Gasteiger partial charge in [0.25, 0.3) is 0 Å². The topological polar surface area (TPSA) is 38.3 Å². The molecule has 0 saturated carbocycles. The summed E-state index contributed by atoms with van der Waals surface area (Å²) < 4.78 is 5.87. The highest BCUT2D eigenvalue weighted by Crippen LogP contribution is 2.35. The number of hydrogen-bond acceptors (Lipinski definition) is 3. The molecule has 2 unspecified atom stereocenters. The molecular weight excluding hydrogens is 250 g/mol. The Bertz CT molecular complexity index is 492. The Morgan fingerprint density at radius 2 is 2.30 bits per heavy atom. The highest BCUT2D eigenvalue weighted by molar-refractivity contribution is 5.85. The molecule has 0 bridgehead atoms. The summed E-state index contributed by atoms with van der Waals surface area (Å²) in [5, 5.41) is 3.35. The molecule has 0 aliphatic carbocycles. The van der Waals surface area contributed by atoms with E-state index >= 15 is 0 Å². The van der Waals surface area contributed by atoms with Gasteiger partial charge in [0.2, 0.25) is 0 Å². The molecule has 3 nitrogen and oxygen atoms in total. The predicted molar refractivity (Wildman–Crippen MR) is 78.7 cm³/mol. The first-order valence-corrected chi connectivity index (χ1v) is 7.62. The van der Waals surface area contributed by atoms with Gasteiger partial charge in [0, 0.05) is 18.4 Å². The molecule has 0 aromatic heterocycles. The second-order valence-corrected chi connectivity index (χ2v) is 6.28. The van der Waals surface area contributed by atoms with E-state index in [2.05, 4.69) is 30.4 Å². The van der Waals surface area contributed by atoms with Crippen LogP contribution in [0.2, 0.25) is 0 Å². The molecule has 1 N–H and O–H groups in total. The minimum atomic E-state index is -0.214. The van der Waals surface area contributed by atoms with Crippen LogP contribution in [0.1, 0.15) is 43.4 Å². The second kappa shape index (κ2) is 5.66. The highest BCUT2D eigenvalue weighted by Gasteiger charge is 2.36. The van der Waals surface area contributed by atoms with Gasteiger partial charge in [-0.05, 0) is 36.9 Å². The zero-order valence-electron chi connectivity index (χ0n) is 12.2. The fourth-order valence-corrected chi connectivity index (χ4v) is 3.35. The van der Waals surface area contributed by atoms with Crippen molar-refractivity contribution in [3.8, 4) is 0 Å². The number of Topliss-reactive ketones (excluding diaryl/α,β-unsaturated/α-hetero) is 1. The Morgan fingerprint density at radius 3 is 3.10 bits per heavy atom. The maximum atomic E-state index is 12.7. The number of nitrogens with one attached hydrogen (secondary N) is 1. The third-order valence-electron chi connectivity index (χ3n) is 4.73. The fourth-order valence-electron chi connectivity index (χ4n) is 3.35. The normalized spacial score (nSPS) is 29.8. The van der Waals surface area contributed by atoms with Crippen molar-refractivity contribution in [1.82, 2.24) is 5.32 Å². The number of ether oxygens (including phenoxy) is 1. The summed E-state index contributed by atoms with van der Waals surface area (Å²) in [6.45, 7) is 4.66. The minimum Gasteiger partial charge on any atom is -0.373 e. The molecule has 3 heteroatoms. The minimum absolute atomic E-state index is 0.0498. The second-order valence-electron chi connectivity index (χ2n) is 6.28.